The van der Waals surface area contributed by atoms with E-state index in [1.54, 1.807) is 0 Å². The van der Waals surface area contributed by atoms with Crippen LogP contribution in [-0.4, -0.2) is 10.7 Å². The first-order valence-electron chi connectivity index (χ1n) is 6.72. The second-order valence-corrected chi connectivity index (χ2v) is 6.74. The lowest BCUT2D eigenvalue weighted by atomic mass is 9.68. The van der Waals surface area contributed by atoms with Crippen molar-refractivity contribution in [2.45, 2.75) is 77.2 Å². The molecule has 0 aromatic heterocycles. The summed E-state index contributed by atoms with van der Waals surface area (Å²) in [4.78, 5) is 0. The van der Waals surface area contributed by atoms with Crippen LogP contribution in [0.15, 0.2) is 0 Å². The standard InChI is InChI=1S/C14H26O/c1-13(2)7-9-14(15,10-8-13)11-12-5-3-4-6-12/h12,15H,3-11H2,1-2H3. The lowest BCUT2D eigenvalue weighted by Gasteiger charge is -2.41. The summed E-state index contributed by atoms with van der Waals surface area (Å²) in [6, 6.07) is 0. The van der Waals surface area contributed by atoms with Gasteiger partial charge in [-0.25, -0.2) is 0 Å². The zero-order valence-electron chi connectivity index (χ0n) is 10.4. The summed E-state index contributed by atoms with van der Waals surface area (Å²) in [6.07, 6.45) is 11.1. The van der Waals surface area contributed by atoms with Crippen LogP contribution in [0.25, 0.3) is 0 Å². The Labute approximate surface area is 94.3 Å². The highest BCUT2D eigenvalue weighted by molar-refractivity contribution is 4.91. The van der Waals surface area contributed by atoms with Crippen molar-refractivity contribution in [2.24, 2.45) is 11.3 Å². The molecule has 0 aromatic rings. The maximum Gasteiger partial charge on any atom is 0.0650 e. The highest BCUT2D eigenvalue weighted by atomic mass is 16.3. The molecule has 0 amide bonds. The first-order valence-corrected chi connectivity index (χ1v) is 6.72. The van der Waals surface area contributed by atoms with E-state index in [1.165, 1.54) is 38.5 Å². The largest absolute Gasteiger partial charge is 0.390 e. The van der Waals surface area contributed by atoms with E-state index in [-0.39, 0.29) is 5.60 Å². The predicted molar refractivity (Wildman–Crippen MR) is 63.8 cm³/mol. The molecule has 2 aliphatic carbocycles. The molecule has 15 heavy (non-hydrogen) atoms. The molecule has 0 atom stereocenters. The van der Waals surface area contributed by atoms with Crippen molar-refractivity contribution >= 4 is 0 Å². The molecule has 0 bridgehead atoms. The van der Waals surface area contributed by atoms with Gasteiger partial charge < -0.3 is 5.11 Å². The van der Waals surface area contributed by atoms with Crippen molar-refractivity contribution in [3.63, 3.8) is 0 Å². The van der Waals surface area contributed by atoms with Crippen molar-refractivity contribution in [2.75, 3.05) is 0 Å². The van der Waals surface area contributed by atoms with Crippen molar-refractivity contribution in [1.29, 1.82) is 0 Å². The molecule has 0 radical (unpaired) electrons. The van der Waals surface area contributed by atoms with Crippen LogP contribution >= 0.6 is 0 Å². The summed E-state index contributed by atoms with van der Waals surface area (Å²) in [6.45, 7) is 4.67. The second-order valence-electron chi connectivity index (χ2n) is 6.74. The van der Waals surface area contributed by atoms with E-state index in [2.05, 4.69) is 13.8 Å². The van der Waals surface area contributed by atoms with E-state index in [4.69, 9.17) is 0 Å². The number of rotatable bonds is 2. The Balaban J connectivity index is 1.85. The van der Waals surface area contributed by atoms with Gasteiger partial charge in [0.15, 0.2) is 0 Å². The van der Waals surface area contributed by atoms with Gasteiger partial charge >= 0.3 is 0 Å². The molecular weight excluding hydrogens is 184 g/mol. The second kappa shape index (κ2) is 4.08. The summed E-state index contributed by atoms with van der Waals surface area (Å²) in [5.41, 5.74) is 0.173. The van der Waals surface area contributed by atoms with Gasteiger partial charge in [-0.1, -0.05) is 39.5 Å². The summed E-state index contributed by atoms with van der Waals surface area (Å²) in [5.74, 6) is 0.830. The molecule has 0 unspecified atom stereocenters. The zero-order valence-corrected chi connectivity index (χ0v) is 10.4. The number of aliphatic hydroxyl groups is 1. The van der Waals surface area contributed by atoms with Crippen LogP contribution in [0.2, 0.25) is 0 Å². The lowest BCUT2D eigenvalue weighted by Crippen LogP contribution is -2.38. The van der Waals surface area contributed by atoms with Gasteiger partial charge in [-0.3, -0.25) is 0 Å². The van der Waals surface area contributed by atoms with Crippen molar-refractivity contribution < 1.29 is 5.11 Å². The Kier molecular flexibility index (Phi) is 3.12. The minimum atomic E-state index is -0.301. The summed E-state index contributed by atoms with van der Waals surface area (Å²) in [7, 11) is 0. The smallest absolute Gasteiger partial charge is 0.0650 e. The van der Waals surface area contributed by atoms with E-state index in [1.807, 2.05) is 0 Å². The SMILES string of the molecule is CC1(C)CCC(O)(CC2CCCC2)CC1. The van der Waals surface area contributed by atoms with Crippen LogP contribution in [0.5, 0.6) is 0 Å². The molecule has 0 saturated heterocycles. The van der Waals surface area contributed by atoms with E-state index in [0.717, 1.165) is 25.2 Å². The number of hydrogen-bond acceptors (Lipinski definition) is 1. The van der Waals surface area contributed by atoms with E-state index in [0.29, 0.717) is 5.41 Å². The first kappa shape index (κ1) is 11.4. The van der Waals surface area contributed by atoms with Gasteiger partial charge in [-0.2, -0.15) is 0 Å². The average molecular weight is 210 g/mol. The molecular formula is C14H26O. The molecule has 0 spiro atoms. The predicted octanol–water partition coefficient (Wildman–Crippen LogP) is 3.90. The van der Waals surface area contributed by atoms with Gasteiger partial charge in [-0.05, 0) is 43.4 Å². The molecule has 88 valence electrons. The lowest BCUT2D eigenvalue weighted by molar-refractivity contribution is -0.0429. The Morgan fingerprint density at radius 3 is 2.07 bits per heavy atom. The molecule has 0 heterocycles. The third-order valence-corrected chi connectivity index (χ3v) is 4.68. The monoisotopic (exact) mass is 210 g/mol. The fraction of sp³-hybridized carbons (Fsp3) is 1.00. The quantitative estimate of drug-likeness (QED) is 0.733. The molecule has 0 aromatic carbocycles. The van der Waals surface area contributed by atoms with Crippen molar-refractivity contribution in [3.8, 4) is 0 Å². The Bertz CT molecular complexity index is 203. The van der Waals surface area contributed by atoms with Crippen LogP contribution in [0.3, 0.4) is 0 Å². The van der Waals surface area contributed by atoms with Gasteiger partial charge in [0.25, 0.3) is 0 Å². The van der Waals surface area contributed by atoms with Gasteiger partial charge in [0.1, 0.15) is 0 Å². The topological polar surface area (TPSA) is 20.2 Å². The fourth-order valence-electron chi connectivity index (χ4n) is 3.35. The minimum absolute atomic E-state index is 0.301. The van der Waals surface area contributed by atoms with Crippen molar-refractivity contribution in [3.05, 3.63) is 0 Å². The maximum absolute atomic E-state index is 10.6. The zero-order chi connectivity index (χ0) is 10.9. The van der Waals surface area contributed by atoms with E-state index in [9.17, 15) is 5.11 Å². The fourth-order valence-corrected chi connectivity index (χ4v) is 3.35. The molecule has 1 nitrogen and oxygen atoms in total. The Morgan fingerprint density at radius 2 is 1.53 bits per heavy atom. The summed E-state index contributed by atoms with van der Waals surface area (Å²) >= 11 is 0. The van der Waals surface area contributed by atoms with E-state index >= 15 is 0 Å². The van der Waals surface area contributed by atoms with Gasteiger partial charge in [0.2, 0.25) is 0 Å². The van der Waals surface area contributed by atoms with Crippen LogP contribution in [-0.2, 0) is 0 Å². The van der Waals surface area contributed by atoms with Gasteiger partial charge in [-0.15, -0.1) is 0 Å². The highest BCUT2D eigenvalue weighted by Crippen LogP contribution is 2.44. The molecule has 2 fully saturated rings. The maximum atomic E-state index is 10.6. The number of hydrogen-bond donors (Lipinski definition) is 1. The third-order valence-electron chi connectivity index (χ3n) is 4.68. The van der Waals surface area contributed by atoms with Crippen LogP contribution in [0, 0.1) is 11.3 Å². The van der Waals surface area contributed by atoms with Crippen LogP contribution in [0.4, 0.5) is 0 Å². The van der Waals surface area contributed by atoms with Crippen molar-refractivity contribution in [1.82, 2.24) is 0 Å². The molecule has 2 rings (SSSR count). The normalized spacial score (nSPS) is 30.6. The molecule has 1 heteroatoms. The Morgan fingerprint density at radius 1 is 1.00 bits per heavy atom. The van der Waals surface area contributed by atoms with Crippen LogP contribution < -0.4 is 0 Å². The molecule has 2 aliphatic rings. The molecule has 1 N–H and O–H groups in total. The minimum Gasteiger partial charge on any atom is -0.390 e. The van der Waals surface area contributed by atoms with Gasteiger partial charge in [0, 0.05) is 0 Å². The molecule has 2 saturated carbocycles. The highest BCUT2D eigenvalue weighted by Gasteiger charge is 2.38. The average Bonchev–Trinajstić information content (AvgIpc) is 2.64. The third kappa shape index (κ3) is 2.96. The Hall–Kier alpha value is -0.0400. The summed E-state index contributed by atoms with van der Waals surface area (Å²) < 4.78 is 0. The molecule has 0 aliphatic heterocycles. The summed E-state index contributed by atoms with van der Waals surface area (Å²) in [5, 5.41) is 10.6. The van der Waals surface area contributed by atoms with E-state index < -0.39 is 0 Å². The van der Waals surface area contributed by atoms with Gasteiger partial charge in [0.05, 0.1) is 5.60 Å². The first-order chi connectivity index (χ1) is 6.99. The van der Waals surface area contributed by atoms with Crippen LogP contribution in [0.1, 0.15) is 71.6 Å².